The highest BCUT2D eigenvalue weighted by Crippen LogP contribution is 2.36. The third-order valence-electron chi connectivity index (χ3n) is 5.06. The molecular weight excluding hydrogens is 388 g/mol. The van der Waals surface area contributed by atoms with Crippen LogP contribution in [0, 0.1) is 0 Å². The van der Waals surface area contributed by atoms with Crippen LogP contribution in [0.2, 0.25) is 0 Å². The fourth-order valence-corrected chi connectivity index (χ4v) is 4.62. The Morgan fingerprint density at radius 3 is 2.48 bits per heavy atom. The first-order valence-corrected chi connectivity index (χ1v) is 11.0. The molecule has 1 aromatic carbocycles. The average Bonchev–Trinajstić information content (AvgIpc) is 2.75. The van der Waals surface area contributed by atoms with Gasteiger partial charge in [-0.1, -0.05) is 37.5 Å². The zero-order valence-corrected chi connectivity index (χ0v) is 16.6. The second-order valence-electron chi connectivity index (χ2n) is 7.07. The summed E-state index contributed by atoms with van der Waals surface area (Å²) in [5.41, 5.74) is 7.39. The summed E-state index contributed by atoms with van der Waals surface area (Å²) in [5.74, 6) is 0.889. The summed E-state index contributed by atoms with van der Waals surface area (Å²) in [5, 5.41) is 2.74. The number of benzene rings is 1. The van der Waals surface area contributed by atoms with E-state index in [4.69, 9.17) is 5.73 Å². The van der Waals surface area contributed by atoms with Crippen LogP contribution in [0.25, 0.3) is 0 Å². The summed E-state index contributed by atoms with van der Waals surface area (Å²) in [7, 11) is -4.02. The van der Waals surface area contributed by atoms with Gasteiger partial charge in [-0.2, -0.15) is 0 Å². The number of aromatic nitrogens is 4. The topological polar surface area (TPSA) is 124 Å². The second-order valence-corrected chi connectivity index (χ2v) is 8.86. The van der Waals surface area contributed by atoms with Gasteiger partial charge in [0.1, 0.15) is 18.0 Å². The highest BCUT2D eigenvalue weighted by molar-refractivity contribution is 7.91. The predicted molar refractivity (Wildman–Crippen MR) is 109 cm³/mol. The summed E-state index contributed by atoms with van der Waals surface area (Å²) in [6.07, 6.45) is 8.35. The molecule has 1 aliphatic carbocycles. The Bertz CT molecular complexity index is 1100. The van der Waals surface area contributed by atoms with Gasteiger partial charge >= 0.3 is 0 Å². The van der Waals surface area contributed by atoms with Gasteiger partial charge in [-0.3, -0.25) is 0 Å². The Morgan fingerprint density at radius 2 is 1.76 bits per heavy atom. The zero-order chi connectivity index (χ0) is 20.3. The molecule has 1 fully saturated rings. The van der Waals surface area contributed by atoms with E-state index in [1.807, 2.05) is 30.3 Å². The molecule has 2 heterocycles. The molecule has 0 spiro atoms. The molecule has 0 unspecified atom stereocenters. The predicted octanol–water partition coefficient (Wildman–Crippen LogP) is 3.47. The third-order valence-corrected chi connectivity index (χ3v) is 6.51. The van der Waals surface area contributed by atoms with Gasteiger partial charge in [0.15, 0.2) is 5.03 Å². The lowest BCUT2D eigenvalue weighted by molar-refractivity contribution is 0.442. The largest absolute Gasteiger partial charge is 0.384 e. The van der Waals surface area contributed by atoms with Crippen LogP contribution in [0.5, 0.6) is 0 Å². The quantitative estimate of drug-likeness (QED) is 0.484. The number of nitrogen functional groups attached to an aromatic ring is 1. The van der Waals surface area contributed by atoms with E-state index in [2.05, 4.69) is 25.3 Å². The summed E-state index contributed by atoms with van der Waals surface area (Å²) in [4.78, 5) is 16.2. The van der Waals surface area contributed by atoms with E-state index in [0.29, 0.717) is 11.7 Å². The first-order chi connectivity index (χ1) is 14.0. The molecule has 1 saturated carbocycles. The number of anilines is 3. The monoisotopic (exact) mass is 410 g/mol. The van der Waals surface area contributed by atoms with Gasteiger partial charge in [-0.05, 0) is 30.9 Å². The highest BCUT2D eigenvalue weighted by atomic mass is 32.2. The highest BCUT2D eigenvalue weighted by Gasteiger charge is 2.27. The molecule has 29 heavy (non-hydrogen) atoms. The maximum absolute atomic E-state index is 13.0. The van der Waals surface area contributed by atoms with Crippen LogP contribution in [0.4, 0.5) is 17.3 Å². The molecule has 9 heteroatoms. The van der Waals surface area contributed by atoms with Crippen LogP contribution in [0.15, 0.2) is 59.1 Å². The van der Waals surface area contributed by atoms with Crippen molar-refractivity contribution < 1.29 is 8.42 Å². The van der Waals surface area contributed by atoms with Crippen LogP contribution >= 0.6 is 0 Å². The van der Waals surface area contributed by atoms with E-state index in [1.54, 1.807) is 6.20 Å². The van der Waals surface area contributed by atoms with Gasteiger partial charge in [0, 0.05) is 23.5 Å². The van der Waals surface area contributed by atoms with Crippen LogP contribution in [0.3, 0.4) is 0 Å². The summed E-state index contributed by atoms with van der Waals surface area (Å²) >= 11 is 0. The molecule has 1 aliphatic rings. The molecule has 0 saturated heterocycles. The van der Waals surface area contributed by atoms with Gasteiger partial charge < -0.3 is 11.1 Å². The Hall–Kier alpha value is -3.07. The van der Waals surface area contributed by atoms with E-state index in [1.165, 1.54) is 12.5 Å². The van der Waals surface area contributed by atoms with Crippen molar-refractivity contribution in [3.63, 3.8) is 0 Å². The molecule has 4 rings (SSSR count). The summed E-state index contributed by atoms with van der Waals surface area (Å²) in [6, 6.07) is 10.8. The molecular formula is C20H22N6O2S. The molecule has 8 nitrogen and oxygen atoms in total. The molecule has 0 radical (unpaired) electrons. The van der Waals surface area contributed by atoms with Crippen molar-refractivity contribution in [3.8, 4) is 0 Å². The van der Waals surface area contributed by atoms with Crippen LogP contribution in [-0.4, -0.2) is 28.4 Å². The number of sulfone groups is 1. The first kappa shape index (κ1) is 19.3. The SMILES string of the molecule is Nc1cc(S(=O)(=O)c2ncc(C3CCCCC3)c(Nc3ccccc3)n2)ncn1. The smallest absolute Gasteiger partial charge is 0.259 e. The van der Waals surface area contributed by atoms with Gasteiger partial charge in [-0.25, -0.2) is 28.4 Å². The van der Waals surface area contributed by atoms with Crippen LogP contribution < -0.4 is 11.1 Å². The molecule has 3 N–H and O–H groups in total. The number of nitrogens with one attached hydrogen (secondary N) is 1. The average molecular weight is 411 g/mol. The van der Waals surface area contributed by atoms with Gasteiger partial charge in [0.25, 0.3) is 15.0 Å². The van der Waals surface area contributed by atoms with Crippen molar-refractivity contribution in [2.24, 2.45) is 0 Å². The lowest BCUT2D eigenvalue weighted by Crippen LogP contribution is -2.14. The maximum atomic E-state index is 13.0. The minimum Gasteiger partial charge on any atom is -0.384 e. The van der Waals surface area contributed by atoms with Gasteiger partial charge in [-0.15, -0.1) is 0 Å². The van der Waals surface area contributed by atoms with Crippen molar-refractivity contribution in [1.29, 1.82) is 0 Å². The van der Waals surface area contributed by atoms with Crippen molar-refractivity contribution >= 4 is 27.2 Å². The van der Waals surface area contributed by atoms with Crippen molar-refractivity contribution in [1.82, 2.24) is 19.9 Å². The minimum atomic E-state index is -4.02. The van der Waals surface area contributed by atoms with Crippen LogP contribution in [0.1, 0.15) is 43.6 Å². The van der Waals surface area contributed by atoms with E-state index in [0.717, 1.165) is 43.3 Å². The maximum Gasteiger partial charge on any atom is 0.259 e. The van der Waals surface area contributed by atoms with Crippen molar-refractivity contribution in [3.05, 3.63) is 54.5 Å². The molecule has 150 valence electrons. The number of hydrogen-bond acceptors (Lipinski definition) is 8. The molecule has 0 aliphatic heterocycles. The molecule has 0 amide bonds. The lowest BCUT2D eigenvalue weighted by Gasteiger charge is -2.24. The van der Waals surface area contributed by atoms with E-state index >= 15 is 0 Å². The molecule has 0 atom stereocenters. The summed E-state index contributed by atoms with van der Waals surface area (Å²) in [6.45, 7) is 0. The first-order valence-electron chi connectivity index (χ1n) is 9.55. The van der Waals surface area contributed by atoms with Crippen LogP contribution in [-0.2, 0) is 9.84 Å². The number of nitrogens with zero attached hydrogens (tertiary/aromatic N) is 4. The normalized spacial score (nSPS) is 15.2. The molecule has 0 bridgehead atoms. The minimum absolute atomic E-state index is 0.0695. The fourth-order valence-electron chi connectivity index (χ4n) is 3.57. The van der Waals surface area contributed by atoms with Gasteiger partial charge in [0.05, 0.1) is 0 Å². The lowest BCUT2D eigenvalue weighted by atomic mass is 9.85. The Balaban J connectivity index is 1.77. The number of nitrogens with two attached hydrogens (primary N) is 1. The van der Waals surface area contributed by atoms with Crippen molar-refractivity contribution in [2.75, 3.05) is 11.1 Å². The van der Waals surface area contributed by atoms with E-state index in [-0.39, 0.29) is 16.0 Å². The Labute approximate surface area is 169 Å². The van der Waals surface area contributed by atoms with E-state index < -0.39 is 9.84 Å². The molecule has 3 aromatic rings. The Morgan fingerprint density at radius 1 is 1.00 bits per heavy atom. The van der Waals surface area contributed by atoms with Crippen molar-refractivity contribution in [2.45, 2.75) is 48.2 Å². The fraction of sp³-hybridized carbons (Fsp3) is 0.300. The second kappa shape index (κ2) is 8.12. The van der Waals surface area contributed by atoms with Gasteiger partial charge in [0.2, 0.25) is 0 Å². The third kappa shape index (κ3) is 4.19. The van der Waals surface area contributed by atoms with E-state index in [9.17, 15) is 8.42 Å². The number of para-hydroxylation sites is 1. The zero-order valence-electron chi connectivity index (χ0n) is 15.8. The standard InChI is InChI=1S/C20H22N6O2S/c21-17-11-18(24-13-23-17)29(27,28)20-22-12-16(14-7-3-1-4-8-14)19(26-20)25-15-9-5-2-6-10-15/h2,5-6,9-14H,1,3-4,7-8H2,(H2,21,23,24)(H,22,25,26). The summed E-state index contributed by atoms with van der Waals surface area (Å²) < 4.78 is 26.0. The number of rotatable bonds is 5. The molecule has 2 aromatic heterocycles. The number of hydrogen-bond donors (Lipinski definition) is 2. The Kier molecular flexibility index (Phi) is 5.39.